The highest BCUT2D eigenvalue weighted by atomic mass is 79.9. The number of rotatable bonds is 3. The zero-order valence-electron chi connectivity index (χ0n) is 11.1. The van der Waals surface area contributed by atoms with Crippen molar-refractivity contribution in [3.05, 3.63) is 46.9 Å². The van der Waals surface area contributed by atoms with Crippen LogP contribution in [0.2, 0.25) is 0 Å². The van der Waals surface area contributed by atoms with Crippen molar-refractivity contribution in [1.29, 1.82) is 0 Å². The number of aromatic nitrogens is 2. The Morgan fingerprint density at radius 2 is 2.00 bits per heavy atom. The molecular formula is C15H11BrN2O3. The molecule has 0 fully saturated rings. The maximum absolute atomic E-state index is 9.70. The fraction of sp³-hybridized carbons (Fsp3) is 0.0667. The minimum absolute atomic E-state index is 0.119. The highest BCUT2D eigenvalue weighted by Gasteiger charge is 2.12. The van der Waals surface area contributed by atoms with E-state index in [-0.39, 0.29) is 5.75 Å². The number of aromatic hydroxyl groups is 1. The maximum Gasteiger partial charge on any atom is 0.258 e. The topological polar surface area (TPSA) is 68.4 Å². The van der Waals surface area contributed by atoms with Crippen molar-refractivity contribution in [3.63, 3.8) is 0 Å². The molecule has 6 heteroatoms. The lowest BCUT2D eigenvalue weighted by molar-refractivity contribution is 0.414. The highest BCUT2D eigenvalue weighted by molar-refractivity contribution is 9.10. The summed E-state index contributed by atoms with van der Waals surface area (Å²) in [5, 5.41) is 13.7. The van der Waals surface area contributed by atoms with E-state index in [0.717, 1.165) is 11.3 Å². The molecule has 106 valence electrons. The number of hydrogen-bond donors (Lipinski definition) is 1. The van der Waals surface area contributed by atoms with Crippen molar-refractivity contribution in [2.45, 2.75) is 0 Å². The van der Waals surface area contributed by atoms with Crippen LogP contribution in [0, 0.1) is 0 Å². The Bertz CT molecular complexity index is 786. The summed E-state index contributed by atoms with van der Waals surface area (Å²) in [6, 6.07) is 12.5. The van der Waals surface area contributed by atoms with Crippen LogP contribution in [0.4, 0.5) is 0 Å². The van der Waals surface area contributed by atoms with Gasteiger partial charge in [0.25, 0.3) is 5.89 Å². The Kier molecular flexibility index (Phi) is 3.62. The summed E-state index contributed by atoms with van der Waals surface area (Å²) in [7, 11) is 1.60. The van der Waals surface area contributed by atoms with Gasteiger partial charge in [-0.25, -0.2) is 0 Å². The SMILES string of the molecule is COc1cccc(-c2noc(-c3ccc(Br)c(O)c3)n2)c1. The molecule has 5 nitrogen and oxygen atoms in total. The number of ether oxygens (including phenoxy) is 1. The second kappa shape index (κ2) is 5.57. The molecular weight excluding hydrogens is 336 g/mol. The van der Waals surface area contributed by atoms with Crippen molar-refractivity contribution in [3.8, 4) is 34.3 Å². The molecule has 0 aliphatic heterocycles. The van der Waals surface area contributed by atoms with Gasteiger partial charge in [0.2, 0.25) is 5.82 Å². The van der Waals surface area contributed by atoms with Crippen molar-refractivity contribution in [1.82, 2.24) is 10.1 Å². The zero-order valence-corrected chi connectivity index (χ0v) is 12.7. The third-order valence-electron chi connectivity index (χ3n) is 2.95. The maximum atomic E-state index is 9.70. The summed E-state index contributed by atoms with van der Waals surface area (Å²) in [4.78, 5) is 4.34. The van der Waals surface area contributed by atoms with Gasteiger partial charge in [0.15, 0.2) is 0 Å². The molecule has 0 amide bonds. The number of nitrogens with zero attached hydrogens (tertiary/aromatic N) is 2. The van der Waals surface area contributed by atoms with E-state index < -0.39 is 0 Å². The molecule has 21 heavy (non-hydrogen) atoms. The number of phenolic OH excluding ortho intramolecular Hbond substituents is 1. The van der Waals surface area contributed by atoms with Crippen LogP contribution >= 0.6 is 15.9 Å². The van der Waals surface area contributed by atoms with E-state index in [2.05, 4.69) is 26.1 Å². The molecule has 0 unspecified atom stereocenters. The van der Waals surface area contributed by atoms with Crippen LogP contribution in [0.5, 0.6) is 11.5 Å². The van der Waals surface area contributed by atoms with E-state index in [1.165, 1.54) is 0 Å². The first-order valence-electron chi connectivity index (χ1n) is 6.14. The molecule has 0 bridgehead atoms. The molecule has 0 aliphatic carbocycles. The molecule has 0 aliphatic rings. The van der Waals surface area contributed by atoms with Gasteiger partial charge >= 0.3 is 0 Å². The first-order chi connectivity index (χ1) is 10.2. The minimum Gasteiger partial charge on any atom is -0.507 e. The number of phenols is 1. The standard InChI is InChI=1S/C15H11BrN2O3/c1-20-11-4-2-3-9(7-11)14-17-15(21-18-14)10-5-6-12(16)13(19)8-10/h2-8,19H,1H3. The summed E-state index contributed by atoms with van der Waals surface area (Å²) in [6.07, 6.45) is 0. The fourth-order valence-electron chi connectivity index (χ4n) is 1.87. The van der Waals surface area contributed by atoms with Crippen LogP contribution in [0.15, 0.2) is 51.5 Å². The quantitative estimate of drug-likeness (QED) is 0.779. The highest BCUT2D eigenvalue weighted by Crippen LogP contribution is 2.30. The molecule has 1 aromatic heterocycles. The minimum atomic E-state index is 0.119. The van der Waals surface area contributed by atoms with Gasteiger partial charge in [-0.15, -0.1) is 0 Å². The predicted octanol–water partition coefficient (Wildman–Crippen LogP) is 3.88. The van der Waals surface area contributed by atoms with Crippen molar-refractivity contribution in [2.75, 3.05) is 7.11 Å². The number of benzene rings is 2. The van der Waals surface area contributed by atoms with Crippen LogP contribution in [-0.4, -0.2) is 22.4 Å². The summed E-state index contributed by atoms with van der Waals surface area (Å²) in [5.41, 5.74) is 1.45. The number of methoxy groups -OCH3 is 1. The van der Waals surface area contributed by atoms with E-state index in [1.807, 2.05) is 24.3 Å². The largest absolute Gasteiger partial charge is 0.507 e. The lowest BCUT2D eigenvalue weighted by atomic mass is 10.2. The predicted molar refractivity (Wildman–Crippen MR) is 81.1 cm³/mol. The Labute approximate surface area is 129 Å². The van der Waals surface area contributed by atoms with Gasteiger partial charge in [0, 0.05) is 11.1 Å². The molecule has 0 spiro atoms. The molecule has 0 atom stereocenters. The molecule has 0 saturated carbocycles. The van der Waals surface area contributed by atoms with Gasteiger partial charge in [0.1, 0.15) is 11.5 Å². The van der Waals surface area contributed by atoms with Gasteiger partial charge < -0.3 is 14.4 Å². The average molecular weight is 347 g/mol. The third kappa shape index (κ3) is 2.75. The van der Waals surface area contributed by atoms with Gasteiger partial charge in [-0.2, -0.15) is 4.98 Å². The van der Waals surface area contributed by atoms with Crippen LogP contribution in [-0.2, 0) is 0 Å². The van der Waals surface area contributed by atoms with Crippen LogP contribution < -0.4 is 4.74 Å². The second-order valence-corrected chi connectivity index (χ2v) is 5.18. The van der Waals surface area contributed by atoms with Crippen LogP contribution in [0.1, 0.15) is 0 Å². The summed E-state index contributed by atoms with van der Waals surface area (Å²) in [6.45, 7) is 0. The smallest absolute Gasteiger partial charge is 0.258 e. The first kappa shape index (κ1) is 13.6. The normalized spacial score (nSPS) is 10.6. The Hall–Kier alpha value is -2.34. The van der Waals surface area contributed by atoms with Gasteiger partial charge in [-0.3, -0.25) is 0 Å². The van der Waals surface area contributed by atoms with E-state index in [0.29, 0.717) is 21.8 Å². The molecule has 3 aromatic rings. The molecule has 0 saturated heterocycles. The zero-order chi connectivity index (χ0) is 14.8. The number of halogens is 1. The molecule has 3 rings (SSSR count). The number of hydrogen-bond acceptors (Lipinski definition) is 5. The fourth-order valence-corrected chi connectivity index (χ4v) is 2.11. The Balaban J connectivity index is 1.97. The Morgan fingerprint density at radius 1 is 1.14 bits per heavy atom. The summed E-state index contributed by atoms with van der Waals surface area (Å²) < 4.78 is 11.0. The van der Waals surface area contributed by atoms with E-state index in [9.17, 15) is 5.11 Å². The van der Waals surface area contributed by atoms with Gasteiger partial charge in [-0.1, -0.05) is 17.3 Å². The van der Waals surface area contributed by atoms with Gasteiger partial charge in [0.05, 0.1) is 11.6 Å². The van der Waals surface area contributed by atoms with Crippen LogP contribution in [0.25, 0.3) is 22.8 Å². The lowest BCUT2D eigenvalue weighted by Gasteiger charge is -2.00. The Morgan fingerprint density at radius 3 is 2.76 bits per heavy atom. The molecule has 0 radical (unpaired) electrons. The average Bonchev–Trinajstić information content (AvgIpc) is 3.00. The lowest BCUT2D eigenvalue weighted by Crippen LogP contribution is -1.85. The first-order valence-corrected chi connectivity index (χ1v) is 6.93. The van der Waals surface area contributed by atoms with Crippen molar-refractivity contribution < 1.29 is 14.4 Å². The summed E-state index contributed by atoms with van der Waals surface area (Å²) >= 11 is 3.23. The van der Waals surface area contributed by atoms with Gasteiger partial charge in [-0.05, 0) is 46.3 Å². The van der Waals surface area contributed by atoms with E-state index >= 15 is 0 Å². The van der Waals surface area contributed by atoms with E-state index in [4.69, 9.17) is 9.26 Å². The van der Waals surface area contributed by atoms with Crippen molar-refractivity contribution in [2.24, 2.45) is 0 Å². The second-order valence-electron chi connectivity index (χ2n) is 4.32. The molecule has 1 heterocycles. The van der Waals surface area contributed by atoms with E-state index in [1.54, 1.807) is 25.3 Å². The van der Waals surface area contributed by atoms with Crippen LogP contribution in [0.3, 0.4) is 0 Å². The molecule has 1 N–H and O–H groups in total. The van der Waals surface area contributed by atoms with Crippen molar-refractivity contribution >= 4 is 15.9 Å². The third-order valence-corrected chi connectivity index (χ3v) is 3.62. The molecule has 2 aromatic carbocycles. The summed E-state index contributed by atoms with van der Waals surface area (Å²) in [5.74, 6) is 1.65. The monoisotopic (exact) mass is 346 g/mol.